The van der Waals surface area contributed by atoms with Crippen LogP contribution in [0.15, 0.2) is 54.6 Å². The molecule has 1 aliphatic heterocycles. The zero-order valence-electron chi connectivity index (χ0n) is 20.8. The van der Waals surface area contributed by atoms with Crippen LogP contribution >= 0.6 is 0 Å². The standard InChI is InChI=1S/C29H36N2O5/c32-27(16-7-17-28(33)31-18-8-11-23-10-4-5-15-26(23)31)30(21-29(34)35)20-22-9-6-14-25(19-22)36-24-12-2-1-3-13-24/h1-3,6,9,12-14,19,23,26H,4-5,7-8,10-11,15-18,20-21H2,(H,34,35). The fourth-order valence-electron chi connectivity index (χ4n) is 5.57. The molecule has 1 heterocycles. The van der Waals surface area contributed by atoms with Crippen LogP contribution in [0.25, 0.3) is 0 Å². The number of carbonyl (C=O) groups excluding carboxylic acids is 2. The van der Waals surface area contributed by atoms with Crippen LogP contribution in [0.2, 0.25) is 0 Å². The zero-order chi connectivity index (χ0) is 25.3. The highest BCUT2D eigenvalue weighted by Crippen LogP contribution is 2.35. The van der Waals surface area contributed by atoms with E-state index in [2.05, 4.69) is 4.90 Å². The smallest absolute Gasteiger partial charge is 0.323 e. The molecule has 2 fully saturated rings. The third kappa shape index (κ3) is 7.09. The summed E-state index contributed by atoms with van der Waals surface area (Å²) in [6.45, 7) is 0.605. The first-order chi connectivity index (χ1) is 17.5. The predicted octanol–water partition coefficient (Wildman–Crippen LogP) is 5.24. The summed E-state index contributed by atoms with van der Waals surface area (Å²) >= 11 is 0. The Morgan fingerprint density at radius 1 is 0.917 bits per heavy atom. The lowest BCUT2D eigenvalue weighted by molar-refractivity contribution is -0.145. The van der Waals surface area contributed by atoms with Crippen LogP contribution in [0.1, 0.15) is 63.4 Å². The molecule has 7 heteroatoms. The number of fused-ring (bicyclic) bond motifs is 1. The van der Waals surface area contributed by atoms with E-state index in [4.69, 9.17) is 4.74 Å². The van der Waals surface area contributed by atoms with Crippen LogP contribution in [0, 0.1) is 5.92 Å². The number of benzene rings is 2. The maximum Gasteiger partial charge on any atom is 0.323 e. The number of piperidine rings is 1. The van der Waals surface area contributed by atoms with Crippen molar-refractivity contribution >= 4 is 17.8 Å². The van der Waals surface area contributed by atoms with Gasteiger partial charge in [-0.05, 0) is 67.9 Å². The van der Waals surface area contributed by atoms with Gasteiger partial charge in [0.25, 0.3) is 0 Å². The summed E-state index contributed by atoms with van der Waals surface area (Å²) in [6, 6.07) is 17.1. The first-order valence-corrected chi connectivity index (χ1v) is 13.1. The van der Waals surface area contributed by atoms with E-state index in [1.54, 1.807) is 0 Å². The first-order valence-electron chi connectivity index (χ1n) is 13.1. The lowest BCUT2D eigenvalue weighted by atomic mass is 9.78. The minimum atomic E-state index is -1.06. The summed E-state index contributed by atoms with van der Waals surface area (Å²) in [5.41, 5.74) is 0.783. The lowest BCUT2D eigenvalue weighted by Gasteiger charge is -2.44. The third-order valence-electron chi connectivity index (χ3n) is 7.27. The monoisotopic (exact) mass is 492 g/mol. The van der Waals surface area contributed by atoms with Crippen molar-refractivity contribution in [3.8, 4) is 11.5 Å². The molecular weight excluding hydrogens is 456 g/mol. The summed E-state index contributed by atoms with van der Waals surface area (Å²) in [4.78, 5) is 40.8. The van der Waals surface area contributed by atoms with Crippen molar-refractivity contribution in [2.45, 2.75) is 70.4 Å². The van der Waals surface area contributed by atoms with E-state index >= 15 is 0 Å². The van der Waals surface area contributed by atoms with Crippen LogP contribution in [0.4, 0.5) is 0 Å². The molecule has 1 saturated heterocycles. The number of amides is 2. The van der Waals surface area contributed by atoms with Crippen LogP contribution in [0.5, 0.6) is 11.5 Å². The number of carboxylic acid groups (broad SMARTS) is 1. The SMILES string of the molecule is O=C(O)CN(Cc1cccc(Oc2ccccc2)c1)C(=O)CCCC(=O)N1CCCC2CCCCC21. The quantitative estimate of drug-likeness (QED) is 0.490. The van der Waals surface area contributed by atoms with E-state index < -0.39 is 5.97 Å². The molecule has 1 aliphatic carbocycles. The number of nitrogens with zero attached hydrogens (tertiary/aromatic N) is 2. The number of ether oxygens (including phenoxy) is 1. The Balaban J connectivity index is 1.31. The Morgan fingerprint density at radius 3 is 2.47 bits per heavy atom. The van der Waals surface area contributed by atoms with Gasteiger partial charge in [0, 0.05) is 32.0 Å². The maximum absolute atomic E-state index is 13.0. The lowest BCUT2D eigenvalue weighted by Crippen LogP contribution is -2.49. The molecule has 7 nitrogen and oxygen atoms in total. The van der Waals surface area contributed by atoms with Gasteiger partial charge in [0.2, 0.25) is 11.8 Å². The van der Waals surface area contributed by atoms with Gasteiger partial charge in [0.05, 0.1) is 0 Å². The van der Waals surface area contributed by atoms with Crippen molar-refractivity contribution in [2.24, 2.45) is 5.92 Å². The molecule has 2 unspecified atom stereocenters. The first kappa shape index (κ1) is 25.7. The number of hydrogen-bond donors (Lipinski definition) is 1. The second kappa shape index (κ2) is 12.6. The summed E-state index contributed by atoms with van der Waals surface area (Å²) < 4.78 is 5.87. The highest BCUT2D eigenvalue weighted by atomic mass is 16.5. The van der Waals surface area contributed by atoms with Gasteiger partial charge in [-0.1, -0.05) is 43.2 Å². The number of rotatable bonds is 10. The molecule has 0 aromatic heterocycles. The van der Waals surface area contributed by atoms with Gasteiger partial charge in [-0.2, -0.15) is 0 Å². The van der Waals surface area contributed by atoms with Crippen LogP contribution in [0.3, 0.4) is 0 Å². The Hall–Kier alpha value is -3.35. The minimum absolute atomic E-state index is 0.134. The molecule has 0 bridgehead atoms. The largest absolute Gasteiger partial charge is 0.480 e. The van der Waals surface area contributed by atoms with Gasteiger partial charge < -0.3 is 19.6 Å². The van der Waals surface area contributed by atoms with E-state index in [-0.39, 0.29) is 31.3 Å². The summed E-state index contributed by atoms with van der Waals surface area (Å²) in [6.07, 6.45) is 7.95. The zero-order valence-corrected chi connectivity index (χ0v) is 20.8. The summed E-state index contributed by atoms with van der Waals surface area (Å²) in [5, 5.41) is 9.37. The second-order valence-corrected chi connectivity index (χ2v) is 9.90. The van der Waals surface area contributed by atoms with Crippen molar-refractivity contribution in [1.82, 2.24) is 9.80 Å². The molecule has 1 N–H and O–H groups in total. The average molecular weight is 493 g/mol. The Morgan fingerprint density at radius 2 is 1.67 bits per heavy atom. The highest BCUT2D eigenvalue weighted by molar-refractivity contribution is 5.82. The predicted molar refractivity (Wildman–Crippen MR) is 137 cm³/mol. The van der Waals surface area contributed by atoms with Crippen molar-refractivity contribution in [3.05, 3.63) is 60.2 Å². The average Bonchev–Trinajstić information content (AvgIpc) is 2.88. The normalized spacial score (nSPS) is 19.3. The number of para-hydroxylation sites is 1. The molecule has 2 aromatic carbocycles. The minimum Gasteiger partial charge on any atom is -0.480 e. The number of hydrogen-bond acceptors (Lipinski definition) is 4. The molecule has 0 spiro atoms. The number of carbonyl (C=O) groups is 3. The molecular formula is C29H36N2O5. The van der Waals surface area contributed by atoms with Gasteiger partial charge in [-0.25, -0.2) is 0 Å². The third-order valence-corrected chi connectivity index (χ3v) is 7.27. The van der Waals surface area contributed by atoms with Gasteiger partial charge >= 0.3 is 5.97 Å². The number of likely N-dealkylation sites (tertiary alicyclic amines) is 1. The molecule has 36 heavy (non-hydrogen) atoms. The molecule has 2 atom stereocenters. The molecule has 1 saturated carbocycles. The fraction of sp³-hybridized carbons (Fsp3) is 0.483. The molecule has 2 aliphatic rings. The van der Waals surface area contributed by atoms with E-state index in [9.17, 15) is 19.5 Å². The Bertz CT molecular complexity index is 1040. The van der Waals surface area contributed by atoms with Gasteiger partial charge in [0.1, 0.15) is 18.0 Å². The van der Waals surface area contributed by atoms with Crippen molar-refractivity contribution in [3.63, 3.8) is 0 Å². The molecule has 0 radical (unpaired) electrons. The highest BCUT2D eigenvalue weighted by Gasteiger charge is 2.35. The molecule has 192 valence electrons. The number of aliphatic carboxylic acids is 1. The topological polar surface area (TPSA) is 87.1 Å². The van der Waals surface area contributed by atoms with Gasteiger partial charge in [0.15, 0.2) is 0 Å². The second-order valence-electron chi connectivity index (χ2n) is 9.90. The van der Waals surface area contributed by atoms with E-state index in [0.717, 1.165) is 24.9 Å². The van der Waals surface area contributed by atoms with Crippen LogP contribution in [-0.2, 0) is 20.9 Å². The van der Waals surface area contributed by atoms with E-state index in [1.165, 1.54) is 30.6 Å². The van der Waals surface area contributed by atoms with Crippen molar-refractivity contribution in [2.75, 3.05) is 13.1 Å². The summed E-state index contributed by atoms with van der Waals surface area (Å²) in [5.74, 6) is 0.767. The fourth-order valence-corrected chi connectivity index (χ4v) is 5.57. The maximum atomic E-state index is 13.0. The molecule has 4 rings (SSSR count). The molecule has 2 aromatic rings. The van der Waals surface area contributed by atoms with Crippen molar-refractivity contribution < 1.29 is 24.2 Å². The van der Waals surface area contributed by atoms with Gasteiger partial charge in [-0.3, -0.25) is 14.4 Å². The van der Waals surface area contributed by atoms with Crippen molar-refractivity contribution in [1.29, 1.82) is 0 Å². The van der Waals surface area contributed by atoms with Crippen LogP contribution < -0.4 is 4.74 Å². The number of carboxylic acids is 1. The van der Waals surface area contributed by atoms with E-state index in [0.29, 0.717) is 36.3 Å². The Labute approximate surface area is 213 Å². The molecule has 2 amide bonds. The van der Waals surface area contributed by atoms with E-state index in [1.807, 2.05) is 54.6 Å². The van der Waals surface area contributed by atoms with Crippen LogP contribution in [-0.4, -0.2) is 51.8 Å². The van der Waals surface area contributed by atoms with Gasteiger partial charge in [-0.15, -0.1) is 0 Å². The Kier molecular flexibility index (Phi) is 8.98. The summed E-state index contributed by atoms with van der Waals surface area (Å²) in [7, 11) is 0.